The Kier molecular flexibility index (Phi) is 4.92. The third-order valence-corrected chi connectivity index (χ3v) is 6.15. The average Bonchev–Trinajstić information content (AvgIpc) is 3.24. The maximum Gasteiger partial charge on any atom is 0.226 e. The van der Waals surface area contributed by atoms with Gasteiger partial charge in [0.25, 0.3) is 0 Å². The first-order valence-corrected chi connectivity index (χ1v) is 9.60. The normalized spacial score (nSPS) is 29.4. The Balaban J connectivity index is 1.49. The van der Waals surface area contributed by atoms with Gasteiger partial charge >= 0.3 is 0 Å². The summed E-state index contributed by atoms with van der Waals surface area (Å²) in [6, 6.07) is 0. The minimum Gasteiger partial charge on any atom is -0.355 e. The largest absolute Gasteiger partial charge is 0.355 e. The number of amides is 2. The zero-order valence-electron chi connectivity index (χ0n) is 15.5. The van der Waals surface area contributed by atoms with Crippen molar-refractivity contribution >= 4 is 11.8 Å². The lowest BCUT2D eigenvalue weighted by atomic mass is 9.90. The molecule has 3 fully saturated rings. The van der Waals surface area contributed by atoms with Crippen molar-refractivity contribution in [2.45, 2.75) is 52.9 Å². The van der Waals surface area contributed by atoms with E-state index in [1.54, 1.807) is 0 Å². The van der Waals surface area contributed by atoms with E-state index in [2.05, 4.69) is 15.5 Å². The molecule has 0 bridgehead atoms. The zero-order chi connectivity index (χ0) is 17.4. The Morgan fingerprint density at radius 3 is 2.62 bits per heavy atom. The van der Waals surface area contributed by atoms with Gasteiger partial charge in [-0.1, -0.05) is 20.8 Å². The Morgan fingerprint density at radius 2 is 1.96 bits per heavy atom. The summed E-state index contributed by atoms with van der Waals surface area (Å²) in [6.07, 6.45) is 5.57. The van der Waals surface area contributed by atoms with Gasteiger partial charge in [0.15, 0.2) is 0 Å². The van der Waals surface area contributed by atoms with Crippen LogP contribution in [0, 0.1) is 22.7 Å². The minimum absolute atomic E-state index is 0.0989. The predicted octanol–water partition coefficient (Wildman–Crippen LogP) is 1.78. The van der Waals surface area contributed by atoms with Crippen LogP contribution in [0.1, 0.15) is 52.9 Å². The van der Waals surface area contributed by atoms with Gasteiger partial charge in [0.1, 0.15) is 0 Å². The molecule has 2 amide bonds. The Hall–Kier alpha value is -1.10. The maximum absolute atomic E-state index is 12.9. The minimum atomic E-state index is -0.348. The van der Waals surface area contributed by atoms with Gasteiger partial charge in [-0.2, -0.15) is 0 Å². The second kappa shape index (κ2) is 6.66. The van der Waals surface area contributed by atoms with Gasteiger partial charge in [-0.25, -0.2) is 0 Å². The second-order valence-electron chi connectivity index (χ2n) is 9.12. The van der Waals surface area contributed by atoms with Crippen molar-refractivity contribution in [3.05, 3.63) is 0 Å². The summed E-state index contributed by atoms with van der Waals surface area (Å²) < 4.78 is 0. The summed E-state index contributed by atoms with van der Waals surface area (Å²) in [4.78, 5) is 27.0. The fourth-order valence-electron chi connectivity index (χ4n) is 4.33. The van der Waals surface area contributed by atoms with Crippen LogP contribution < -0.4 is 10.6 Å². The van der Waals surface area contributed by atoms with Crippen molar-refractivity contribution in [3.8, 4) is 0 Å². The summed E-state index contributed by atoms with van der Waals surface area (Å²) in [5, 5.41) is 6.47. The van der Waals surface area contributed by atoms with Gasteiger partial charge in [-0.15, -0.1) is 0 Å². The molecule has 1 spiro atoms. The van der Waals surface area contributed by atoms with Crippen LogP contribution in [0.15, 0.2) is 0 Å². The summed E-state index contributed by atoms with van der Waals surface area (Å²) in [5.41, 5.74) is -0.0324. The Bertz CT molecular complexity index is 491. The van der Waals surface area contributed by atoms with E-state index in [0.717, 1.165) is 58.3 Å². The number of nitrogens with zero attached hydrogens (tertiary/aromatic N) is 1. The molecule has 2 aliphatic heterocycles. The van der Waals surface area contributed by atoms with Crippen LogP contribution in [-0.2, 0) is 9.59 Å². The first kappa shape index (κ1) is 17.7. The van der Waals surface area contributed by atoms with E-state index >= 15 is 0 Å². The van der Waals surface area contributed by atoms with Gasteiger partial charge in [0.2, 0.25) is 11.8 Å². The standard InChI is InChI=1S/C19H33N3O2/c1-18(2,3)17(24)21-12-14-5-4-10-22(13-14)16(23)15-11-19(15)6-8-20-9-7-19/h14-15,20H,4-13H2,1-3H3,(H,21,24). The van der Waals surface area contributed by atoms with E-state index in [1.165, 1.54) is 0 Å². The van der Waals surface area contributed by atoms with Crippen molar-refractivity contribution in [2.24, 2.45) is 22.7 Å². The summed E-state index contributed by atoms with van der Waals surface area (Å²) in [6.45, 7) is 10.3. The number of likely N-dealkylation sites (tertiary alicyclic amines) is 1. The molecule has 2 atom stereocenters. The molecule has 2 saturated heterocycles. The Morgan fingerprint density at radius 1 is 1.25 bits per heavy atom. The van der Waals surface area contributed by atoms with Gasteiger partial charge in [0.05, 0.1) is 0 Å². The molecule has 2 N–H and O–H groups in total. The van der Waals surface area contributed by atoms with E-state index in [-0.39, 0.29) is 17.2 Å². The second-order valence-corrected chi connectivity index (χ2v) is 9.12. The van der Waals surface area contributed by atoms with Crippen LogP contribution >= 0.6 is 0 Å². The third-order valence-electron chi connectivity index (χ3n) is 6.15. The molecule has 136 valence electrons. The highest BCUT2D eigenvalue weighted by Crippen LogP contribution is 2.59. The highest BCUT2D eigenvalue weighted by molar-refractivity contribution is 5.83. The van der Waals surface area contributed by atoms with Crippen LogP contribution in [0.5, 0.6) is 0 Å². The van der Waals surface area contributed by atoms with E-state index in [0.29, 0.717) is 23.8 Å². The molecular weight excluding hydrogens is 302 g/mol. The van der Waals surface area contributed by atoms with Gasteiger partial charge in [-0.3, -0.25) is 9.59 Å². The van der Waals surface area contributed by atoms with Crippen molar-refractivity contribution in [1.82, 2.24) is 15.5 Å². The highest BCUT2D eigenvalue weighted by atomic mass is 16.2. The first-order valence-electron chi connectivity index (χ1n) is 9.60. The number of carbonyl (C=O) groups is 2. The number of rotatable bonds is 3. The Labute approximate surface area is 145 Å². The topological polar surface area (TPSA) is 61.4 Å². The monoisotopic (exact) mass is 335 g/mol. The summed E-state index contributed by atoms with van der Waals surface area (Å²) in [5.74, 6) is 1.14. The number of piperidine rings is 2. The molecule has 0 aromatic heterocycles. The molecule has 2 unspecified atom stereocenters. The number of hydrogen-bond donors (Lipinski definition) is 2. The molecule has 3 rings (SSSR count). The molecule has 1 saturated carbocycles. The van der Waals surface area contributed by atoms with Gasteiger partial charge in [-0.05, 0) is 56.5 Å². The smallest absolute Gasteiger partial charge is 0.226 e. The molecule has 0 radical (unpaired) electrons. The maximum atomic E-state index is 12.9. The molecule has 5 heteroatoms. The predicted molar refractivity (Wildman–Crippen MR) is 94.4 cm³/mol. The molecule has 0 aromatic rings. The van der Waals surface area contributed by atoms with Gasteiger partial charge in [0, 0.05) is 31.0 Å². The molecule has 5 nitrogen and oxygen atoms in total. The van der Waals surface area contributed by atoms with E-state index in [1.807, 2.05) is 20.8 Å². The fourth-order valence-corrected chi connectivity index (χ4v) is 4.33. The molecule has 2 heterocycles. The fraction of sp³-hybridized carbons (Fsp3) is 0.895. The van der Waals surface area contributed by atoms with Crippen molar-refractivity contribution < 1.29 is 9.59 Å². The summed E-state index contributed by atoms with van der Waals surface area (Å²) in [7, 11) is 0. The van der Waals surface area contributed by atoms with E-state index in [4.69, 9.17) is 0 Å². The van der Waals surface area contributed by atoms with Crippen molar-refractivity contribution in [2.75, 3.05) is 32.7 Å². The number of carbonyl (C=O) groups excluding carboxylic acids is 2. The number of hydrogen-bond acceptors (Lipinski definition) is 3. The van der Waals surface area contributed by atoms with E-state index in [9.17, 15) is 9.59 Å². The van der Waals surface area contributed by atoms with Crippen LogP contribution in [0.3, 0.4) is 0 Å². The summed E-state index contributed by atoms with van der Waals surface area (Å²) >= 11 is 0. The SMILES string of the molecule is CC(C)(C)C(=O)NCC1CCCN(C(=O)C2CC23CCNCC3)C1. The van der Waals surface area contributed by atoms with Gasteiger partial charge < -0.3 is 15.5 Å². The zero-order valence-corrected chi connectivity index (χ0v) is 15.5. The first-order chi connectivity index (χ1) is 11.3. The average molecular weight is 335 g/mol. The van der Waals surface area contributed by atoms with Crippen LogP contribution in [-0.4, -0.2) is 49.4 Å². The molecule has 3 aliphatic rings. The van der Waals surface area contributed by atoms with Crippen molar-refractivity contribution in [3.63, 3.8) is 0 Å². The van der Waals surface area contributed by atoms with E-state index < -0.39 is 0 Å². The van der Waals surface area contributed by atoms with Crippen LogP contribution in [0.2, 0.25) is 0 Å². The van der Waals surface area contributed by atoms with Crippen LogP contribution in [0.4, 0.5) is 0 Å². The lowest BCUT2D eigenvalue weighted by molar-refractivity contribution is -0.135. The lowest BCUT2D eigenvalue weighted by Crippen LogP contribution is -2.46. The van der Waals surface area contributed by atoms with Crippen molar-refractivity contribution in [1.29, 1.82) is 0 Å². The third kappa shape index (κ3) is 3.76. The molecule has 0 aromatic carbocycles. The molecule has 24 heavy (non-hydrogen) atoms. The highest BCUT2D eigenvalue weighted by Gasteiger charge is 2.58. The number of nitrogens with one attached hydrogen (secondary N) is 2. The quantitative estimate of drug-likeness (QED) is 0.826. The molecular formula is C19H33N3O2. The van der Waals surface area contributed by atoms with Crippen LogP contribution in [0.25, 0.3) is 0 Å². The molecule has 1 aliphatic carbocycles. The lowest BCUT2D eigenvalue weighted by Gasteiger charge is -2.34.